The van der Waals surface area contributed by atoms with Crippen molar-refractivity contribution in [3.63, 3.8) is 0 Å². The molecule has 3 rings (SSSR count). The second-order valence-corrected chi connectivity index (χ2v) is 6.93. The molecule has 0 unspecified atom stereocenters. The summed E-state index contributed by atoms with van der Waals surface area (Å²) in [4.78, 5) is 19.0. The minimum atomic E-state index is 0.210. The number of aromatic nitrogens is 2. The first kappa shape index (κ1) is 19.2. The lowest BCUT2D eigenvalue weighted by Gasteiger charge is -2.28. The number of nitrogens with zero attached hydrogens (tertiary/aromatic N) is 3. The zero-order valence-corrected chi connectivity index (χ0v) is 16.4. The summed E-state index contributed by atoms with van der Waals surface area (Å²) in [5.74, 6) is 2.78. The van der Waals surface area contributed by atoms with Crippen molar-refractivity contribution in [2.24, 2.45) is 5.92 Å². The van der Waals surface area contributed by atoms with Crippen LogP contribution in [0.25, 0.3) is 11.4 Å². The third-order valence-corrected chi connectivity index (χ3v) is 4.98. The quantitative estimate of drug-likeness (QED) is 0.671. The van der Waals surface area contributed by atoms with Crippen LogP contribution in [-0.4, -0.2) is 47.8 Å². The SMILES string of the molecule is CC[C@H](C)N(CCc1nc(-c2cc(OC)cc(OC)c2)no1)C(=O)C1CC1. The lowest BCUT2D eigenvalue weighted by molar-refractivity contribution is -0.134. The molecule has 0 bridgehead atoms. The Kier molecular flexibility index (Phi) is 5.98. The first-order chi connectivity index (χ1) is 13.0. The summed E-state index contributed by atoms with van der Waals surface area (Å²) >= 11 is 0. The molecule has 1 amide bonds. The van der Waals surface area contributed by atoms with Crippen LogP contribution >= 0.6 is 0 Å². The van der Waals surface area contributed by atoms with Crippen molar-refractivity contribution in [1.29, 1.82) is 0 Å². The molecule has 0 N–H and O–H groups in total. The summed E-state index contributed by atoms with van der Waals surface area (Å²) in [6, 6.07) is 5.67. The monoisotopic (exact) mass is 373 g/mol. The molecule has 1 atom stereocenters. The lowest BCUT2D eigenvalue weighted by Crippen LogP contribution is -2.40. The number of amides is 1. The molecule has 146 valence electrons. The molecule has 1 aliphatic carbocycles. The van der Waals surface area contributed by atoms with Gasteiger partial charge in [-0.25, -0.2) is 0 Å². The fraction of sp³-hybridized carbons (Fsp3) is 0.550. The first-order valence-corrected chi connectivity index (χ1v) is 9.42. The Hall–Kier alpha value is -2.57. The minimum absolute atomic E-state index is 0.210. The van der Waals surface area contributed by atoms with Crippen LogP contribution in [0.2, 0.25) is 0 Å². The average molecular weight is 373 g/mol. The zero-order chi connectivity index (χ0) is 19.4. The van der Waals surface area contributed by atoms with E-state index in [-0.39, 0.29) is 17.9 Å². The maximum atomic E-state index is 12.5. The van der Waals surface area contributed by atoms with Gasteiger partial charge in [-0.15, -0.1) is 0 Å². The molecular weight excluding hydrogens is 346 g/mol. The van der Waals surface area contributed by atoms with E-state index in [2.05, 4.69) is 24.0 Å². The molecule has 0 saturated heterocycles. The summed E-state index contributed by atoms with van der Waals surface area (Å²) in [5, 5.41) is 4.07. The van der Waals surface area contributed by atoms with Gasteiger partial charge in [0.05, 0.1) is 14.2 Å². The first-order valence-electron chi connectivity index (χ1n) is 9.42. The van der Waals surface area contributed by atoms with Gasteiger partial charge in [0.25, 0.3) is 0 Å². The highest BCUT2D eigenvalue weighted by Crippen LogP contribution is 2.32. The van der Waals surface area contributed by atoms with Crippen LogP contribution in [0.3, 0.4) is 0 Å². The van der Waals surface area contributed by atoms with E-state index >= 15 is 0 Å². The predicted octanol–water partition coefficient (Wildman–Crippen LogP) is 3.33. The normalized spacial score (nSPS) is 14.7. The van der Waals surface area contributed by atoms with Crippen LogP contribution in [0.15, 0.2) is 22.7 Å². The smallest absolute Gasteiger partial charge is 0.228 e. The number of carbonyl (C=O) groups is 1. The van der Waals surface area contributed by atoms with E-state index in [1.54, 1.807) is 20.3 Å². The van der Waals surface area contributed by atoms with Gasteiger partial charge in [0, 0.05) is 36.6 Å². The fourth-order valence-electron chi connectivity index (χ4n) is 2.96. The van der Waals surface area contributed by atoms with Gasteiger partial charge in [-0.3, -0.25) is 4.79 Å². The van der Waals surface area contributed by atoms with E-state index in [9.17, 15) is 4.79 Å². The van der Waals surface area contributed by atoms with Gasteiger partial charge in [0.15, 0.2) is 0 Å². The van der Waals surface area contributed by atoms with Crippen LogP contribution in [0, 0.1) is 5.92 Å². The third-order valence-electron chi connectivity index (χ3n) is 4.98. The van der Waals surface area contributed by atoms with Crippen LogP contribution in [0.1, 0.15) is 39.0 Å². The number of methoxy groups -OCH3 is 2. The van der Waals surface area contributed by atoms with Gasteiger partial charge in [-0.05, 0) is 38.3 Å². The highest BCUT2D eigenvalue weighted by Gasteiger charge is 2.34. The highest BCUT2D eigenvalue weighted by atomic mass is 16.5. The number of rotatable bonds is 9. The molecule has 1 aromatic carbocycles. The van der Waals surface area contributed by atoms with E-state index < -0.39 is 0 Å². The van der Waals surface area contributed by atoms with Crippen molar-refractivity contribution in [2.75, 3.05) is 20.8 Å². The van der Waals surface area contributed by atoms with Gasteiger partial charge < -0.3 is 18.9 Å². The van der Waals surface area contributed by atoms with Gasteiger partial charge in [0.2, 0.25) is 17.6 Å². The van der Waals surface area contributed by atoms with Crippen molar-refractivity contribution in [3.05, 3.63) is 24.1 Å². The Bertz CT molecular complexity index is 763. The Balaban J connectivity index is 1.71. The Labute approximate surface area is 159 Å². The maximum Gasteiger partial charge on any atom is 0.228 e. The standard InChI is InChI=1S/C20H27N3O4/c1-5-13(2)23(20(24)14-6-7-14)9-8-18-21-19(22-27-18)15-10-16(25-3)12-17(11-15)26-4/h10-14H,5-9H2,1-4H3/t13-/m0/s1. The summed E-state index contributed by atoms with van der Waals surface area (Å²) < 4.78 is 16.0. The molecule has 1 saturated carbocycles. The fourth-order valence-corrected chi connectivity index (χ4v) is 2.96. The lowest BCUT2D eigenvalue weighted by atomic mass is 10.2. The molecule has 7 heteroatoms. The molecule has 2 aromatic rings. The molecule has 1 aromatic heterocycles. The summed E-state index contributed by atoms with van der Waals surface area (Å²) in [6.45, 7) is 4.77. The van der Waals surface area contributed by atoms with E-state index in [1.165, 1.54) is 0 Å². The number of carbonyl (C=O) groups excluding carboxylic acids is 1. The molecule has 1 aliphatic rings. The molecular formula is C20H27N3O4. The molecule has 0 radical (unpaired) electrons. The zero-order valence-electron chi connectivity index (χ0n) is 16.4. The van der Waals surface area contributed by atoms with Crippen molar-refractivity contribution in [1.82, 2.24) is 15.0 Å². The third kappa shape index (κ3) is 4.59. The Morgan fingerprint density at radius 2 is 1.93 bits per heavy atom. The van der Waals surface area contributed by atoms with Crippen LogP contribution in [0.5, 0.6) is 11.5 Å². The molecule has 7 nitrogen and oxygen atoms in total. The second kappa shape index (κ2) is 8.41. The maximum absolute atomic E-state index is 12.5. The molecule has 0 spiro atoms. The summed E-state index contributed by atoms with van der Waals surface area (Å²) in [6.07, 6.45) is 3.48. The van der Waals surface area contributed by atoms with Crippen molar-refractivity contribution in [3.8, 4) is 22.9 Å². The second-order valence-electron chi connectivity index (χ2n) is 6.93. The minimum Gasteiger partial charge on any atom is -0.497 e. The van der Waals surface area contributed by atoms with Crippen molar-refractivity contribution < 1.29 is 18.8 Å². The highest BCUT2D eigenvalue weighted by molar-refractivity contribution is 5.81. The number of benzene rings is 1. The Morgan fingerprint density at radius 3 is 2.48 bits per heavy atom. The largest absolute Gasteiger partial charge is 0.497 e. The van der Waals surface area contributed by atoms with Crippen molar-refractivity contribution in [2.45, 2.75) is 45.6 Å². The van der Waals surface area contributed by atoms with E-state index in [1.807, 2.05) is 17.0 Å². The average Bonchev–Trinajstić information content (AvgIpc) is 3.45. The van der Waals surface area contributed by atoms with Crippen LogP contribution in [-0.2, 0) is 11.2 Å². The number of hydrogen-bond acceptors (Lipinski definition) is 6. The van der Waals surface area contributed by atoms with Gasteiger partial charge in [-0.1, -0.05) is 12.1 Å². The summed E-state index contributed by atoms with van der Waals surface area (Å²) in [7, 11) is 3.20. The van der Waals surface area contributed by atoms with Gasteiger partial charge >= 0.3 is 0 Å². The van der Waals surface area contributed by atoms with Gasteiger partial charge in [-0.2, -0.15) is 4.98 Å². The molecule has 27 heavy (non-hydrogen) atoms. The van der Waals surface area contributed by atoms with Crippen molar-refractivity contribution >= 4 is 5.91 Å². The topological polar surface area (TPSA) is 77.7 Å². The predicted molar refractivity (Wildman–Crippen MR) is 101 cm³/mol. The molecule has 0 aliphatic heterocycles. The molecule has 1 fully saturated rings. The number of hydrogen-bond donors (Lipinski definition) is 0. The Morgan fingerprint density at radius 1 is 1.26 bits per heavy atom. The van der Waals surface area contributed by atoms with E-state index in [4.69, 9.17) is 14.0 Å². The number of ether oxygens (including phenoxy) is 2. The van der Waals surface area contributed by atoms with E-state index in [0.717, 1.165) is 24.8 Å². The summed E-state index contributed by atoms with van der Waals surface area (Å²) in [5.41, 5.74) is 0.758. The van der Waals surface area contributed by atoms with E-state index in [0.29, 0.717) is 36.2 Å². The molecule has 1 heterocycles. The van der Waals surface area contributed by atoms with Gasteiger partial charge in [0.1, 0.15) is 11.5 Å². The van der Waals surface area contributed by atoms with Crippen LogP contribution < -0.4 is 9.47 Å². The van der Waals surface area contributed by atoms with Crippen LogP contribution in [0.4, 0.5) is 0 Å².